The molecule has 3 N–H and O–H groups in total. The molecule has 1 aromatic heterocycles. The van der Waals surface area contributed by atoms with Crippen LogP contribution < -0.4 is 25.5 Å². The summed E-state index contributed by atoms with van der Waals surface area (Å²) in [5.74, 6) is -0.201. The second kappa shape index (κ2) is 14.9. The zero-order valence-electron chi connectivity index (χ0n) is 25.1. The molecule has 4 aromatic carbocycles. The largest absolute Gasteiger partial charge is 0.493 e. The molecule has 0 saturated carbocycles. The lowest BCUT2D eigenvalue weighted by atomic mass is 10.1. The van der Waals surface area contributed by atoms with E-state index in [1.165, 1.54) is 24.7 Å². The molecule has 0 saturated heterocycles. The van der Waals surface area contributed by atoms with Gasteiger partial charge in [-0.15, -0.1) is 11.3 Å². The van der Waals surface area contributed by atoms with Gasteiger partial charge in [0.2, 0.25) is 0 Å². The van der Waals surface area contributed by atoms with Gasteiger partial charge in [-0.25, -0.2) is 10.4 Å². The molecule has 0 bridgehead atoms. The number of halogens is 2. The van der Waals surface area contributed by atoms with Crippen molar-refractivity contribution >= 4 is 69.1 Å². The first kappa shape index (κ1) is 32.5. The molecule has 5 rings (SSSR count). The Morgan fingerprint density at radius 2 is 1.76 bits per heavy atom. The van der Waals surface area contributed by atoms with Crippen LogP contribution in [-0.2, 0) is 4.79 Å². The van der Waals surface area contributed by atoms with Gasteiger partial charge in [0, 0.05) is 32.9 Å². The number of rotatable bonds is 11. The number of amides is 2. The van der Waals surface area contributed by atoms with E-state index in [4.69, 9.17) is 32.7 Å². The van der Waals surface area contributed by atoms with Gasteiger partial charge >= 0.3 is 0 Å². The highest BCUT2D eigenvalue weighted by Crippen LogP contribution is 2.36. The fraction of sp³-hybridized carbons (Fsp3) is 0.118. The highest BCUT2D eigenvalue weighted by Gasteiger charge is 2.15. The Morgan fingerprint density at radius 1 is 1.00 bits per heavy atom. The predicted molar refractivity (Wildman–Crippen MR) is 185 cm³/mol. The van der Waals surface area contributed by atoms with Crippen molar-refractivity contribution < 1.29 is 19.1 Å². The molecular formula is C34H29Cl2N5O4S. The van der Waals surface area contributed by atoms with E-state index in [-0.39, 0.29) is 29.2 Å². The van der Waals surface area contributed by atoms with Gasteiger partial charge < -0.3 is 20.1 Å². The van der Waals surface area contributed by atoms with Crippen LogP contribution in [0.1, 0.15) is 27.0 Å². The SMILES string of the molecule is COc1cc(/C=N\NC(=O)c2ccc(-c3csc(Nc4ccc(Cl)cc4)n3)cc2)cc(Cl)c1OCC(=O)Nc1cccc(C)c1C. The van der Waals surface area contributed by atoms with Crippen LogP contribution in [0.25, 0.3) is 11.3 Å². The van der Waals surface area contributed by atoms with E-state index in [1.807, 2.05) is 73.8 Å². The monoisotopic (exact) mass is 673 g/mol. The van der Waals surface area contributed by atoms with Crippen molar-refractivity contribution in [3.63, 3.8) is 0 Å². The summed E-state index contributed by atoms with van der Waals surface area (Å²) in [5, 5.41) is 13.7. The lowest BCUT2D eigenvalue weighted by Gasteiger charge is -2.14. The van der Waals surface area contributed by atoms with E-state index >= 15 is 0 Å². The minimum absolute atomic E-state index is 0.217. The number of methoxy groups -OCH3 is 1. The molecule has 0 aliphatic rings. The Labute approximate surface area is 280 Å². The van der Waals surface area contributed by atoms with E-state index in [9.17, 15) is 9.59 Å². The third-order valence-corrected chi connectivity index (χ3v) is 8.19. The Balaban J connectivity index is 1.16. The van der Waals surface area contributed by atoms with Crippen LogP contribution in [0.3, 0.4) is 0 Å². The molecule has 0 unspecified atom stereocenters. The summed E-state index contributed by atoms with van der Waals surface area (Å²) < 4.78 is 11.1. The molecule has 46 heavy (non-hydrogen) atoms. The van der Waals surface area contributed by atoms with Crippen molar-refractivity contribution in [3.05, 3.63) is 117 Å². The van der Waals surface area contributed by atoms with E-state index in [0.29, 0.717) is 27.6 Å². The summed E-state index contributed by atoms with van der Waals surface area (Å²) in [6.45, 7) is 3.64. The highest BCUT2D eigenvalue weighted by atomic mass is 35.5. The van der Waals surface area contributed by atoms with Crippen LogP contribution in [0.5, 0.6) is 11.5 Å². The molecule has 234 valence electrons. The van der Waals surface area contributed by atoms with Crippen molar-refractivity contribution in [2.75, 3.05) is 24.4 Å². The Bertz CT molecular complexity index is 1890. The first-order valence-corrected chi connectivity index (χ1v) is 15.6. The predicted octanol–water partition coefficient (Wildman–Crippen LogP) is 8.27. The van der Waals surface area contributed by atoms with Gasteiger partial charge in [-0.3, -0.25) is 9.59 Å². The lowest BCUT2D eigenvalue weighted by molar-refractivity contribution is -0.118. The molecule has 9 nitrogen and oxygen atoms in total. The summed E-state index contributed by atoms with van der Waals surface area (Å²) in [6, 6.07) is 23.3. The van der Waals surface area contributed by atoms with E-state index in [2.05, 4.69) is 26.1 Å². The first-order valence-electron chi connectivity index (χ1n) is 14.0. The average molecular weight is 675 g/mol. The van der Waals surface area contributed by atoms with E-state index in [0.717, 1.165) is 33.2 Å². The molecule has 0 fully saturated rings. The maximum absolute atomic E-state index is 12.7. The van der Waals surface area contributed by atoms with Crippen molar-refractivity contribution in [1.29, 1.82) is 0 Å². The zero-order chi connectivity index (χ0) is 32.6. The average Bonchev–Trinajstić information content (AvgIpc) is 3.52. The minimum Gasteiger partial charge on any atom is -0.493 e. The molecule has 5 aromatic rings. The maximum atomic E-state index is 12.7. The third kappa shape index (κ3) is 8.22. The Kier molecular flexibility index (Phi) is 10.5. The zero-order valence-corrected chi connectivity index (χ0v) is 27.4. The van der Waals surface area contributed by atoms with E-state index < -0.39 is 0 Å². The van der Waals surface area contributed by atoms with Crippen LogP contribution in [0, 0.1) is 13.8 Å². The fourth-order valence-electron chi connectivity index (χ4n) is 4.31. The number of carbonyl (C=O) groups is 2. The second-order valence-electron chi connectivity index (χ2n) is 10.1. The normalized spacial score (nSPS) is 10.9. The number of anilines is 3. The van der Waals surface area contributed by atoms with Crippen LogP contribution in [-0.4, -0.2) is 36.7 Å². The van der Waals surface area contributed by atoms with Gasteiger partial charge in [0.1, 0.15) is 0 Å². The standard InChI is InChI=1S/C34H29Cl2N5O4S/c1-20-5-4-6-28(21(20)2)39-31(42)18-45-32-27(36)15-22(16-30(32)44-3)17-37-41-33(43)24-9-7-23(8-10-24)29-19-46-34(40-29)38-26-13-11-25(35)12-14-26/h4-17,19H,18H2,1-3H3,(H,38,40)(H,39,42)(H,41,43)/b37-17-. The summed E-state index contributed by atoms with van der Waals surface area (Å²) in [6.07, 6.45) is 1.43. The summed E-state index contributed by atoms with van der Waals surface area (Å²) in [7, 11) is 1.46. The quantitative estimate of drug-likeness (QED) is 0.0961. The van der Waals surface area contributed by atoms with Crippen molar-refractivity contribution in [1.82, 2.24) is 10.4 Å². The fourth-order valence-corrected chi connectivity index (χ4v) is 5.45. The number of nitrogens with zero attached hydrogens (tertiary/aromatic N) is 2. The molecule has 0 radical (unpaired) electrons. The number of ether oxygens (including phenoxy) is 2. The van der Waals surface area contributed by atoms with Crippen molar-refractivity contribution in [2.24, 2.45) is 5.10 Å². The number of aryl methyl sites for hydroxylation is 1. The third-order valence-electron chi connectivity index (χ3n) is 6.90. The number of hydrogen-bond donors (Lipinski definition) is 3. The molecule has 12 heteroatoms. The second-order valence-corrected chi connectivity index (χ2v) is 11.8. The van der Waals surface area contributed by atoms with Crippen molar-refractivity contribution in [3.8, 4) is 22.8 Å². The number of hydrazone groups is 1. The molecule has 1 heterocycles. The van der Waals surface area contributed by atoms with Crippen LogP contribution in [0.15, 0.2) is 89.3 Å². The number of hydrogen-bond acceptors (Lipinski definition) is 8. The van der Waals surface area contributed by atoms with E-state index in [1.54, 1.807) is 24.3 Å². The van der Waals surface area contributed by atoms with Crippen LogP contribution in [0.2, 0.25) is 10.0 Å². The lowest BCUT2D eigenvalue weighted by Crippen LogP contribution is -2.21. The van der Waals surface area contributed by atoms with Crippen LogP contribution in [0.4, 0.5) is 16.5 Å². The molecule has 0 atom stereocenters. The maximum Gasteiger partial charge on any atom is 0.271 e. The van der Waals surface area contributed by atoms with Gasteiger partial charge in [-0.1, -0.05) is 47.5 Å². The van der Waals surface area contributed by atoms with Gasteiger partial charge in [-0.2, -0.15) is 5.10 Å². The number of nitrogens with one attached hydrogen (secondary N) is 3. The van der Waals surface area contributed by atoms with Gasteiger partial charge in [0.15, 0.2) is 23.2 Å². The smallest absolute Gasteiger partial charge is 0.271 e. The van der Waals surface area contributed by atoms with Gasteiger partial charge in [-0.05, 0) is 85.1 Å². The van der Waals surface area contributed by atoms with Gasteiger partial charge in [0.05, 0.1) is 24.0 Å². The Morgan fingerprint density at radius 3 is 2.50 bits per heavy atom. The number of benzene rings is 4. The summed E-state index contributed by atoms with van der Waals surface area (Å²) >= 11 is 13.9. The first-order chi connectivity index (χ1) is 22.2. The van der Waals surface area contributed by atoms with Gasteiger partial charge in [0.25, 0.3) is 11.8 Å². The summed E-state index contributed by atoms with van der Waals surface area (Å²) in [4.78, 5) is 29.9. The molecule has 2 amide bonds. The molecular weight excluding hydrogens is 645 g/mol. The number of carbonyl (C=O) groups excluding carboxylic acids is 2. The Hall–Kier alpha value is -4.90. The summed E-state index contributed by atoms with van der Waals surface area (Å²) in [5.41, 5.74) is 8.79. The highest BCUT2D eigenvalue weighted by molar-refractivity contribution is 7.14. The molecule has 0 aliphatic carbocycles. The molecule has 0 aliphatic heterocycles. The topological polar surface area (TPSA) is 114 Å². The molecule has 0 spiro atoms. The number of thiazole rings is 1. The van der Waals surface area contributed by atoms with Crippen LogP contribution >= 0.6 is 34.5 Å². The van der Waals surface area contributed by atoms with Crippen molar-refractivity contribution in [2.45, 2.75) is 13.8 Å². The number of aromatic nitrogens is 1. The minimum atomic E-state index is -0.390.